The lowest BCUT2D eigenvalue weighted by Crippen LogP contribution is -2.59. The number of hydrogen-bond donors (Lipinski definition) is 2. The van der Waals surface area contributed by atoms with E-state index in [-0.39, 0.29) is 11.0 Å². The third-order valence-electron chi connectivity index (χ3n) is 8.13. The predicted molar refractivity (Wildman–Crippen MR) is 156 cm³/mol. The van der Waals surface area contributed by atoms with Gasteiger partial charge in [-0.2, -0.15) is 9.65 Å². The Morgan fingerprint density at radius 2 is 2.02 bits per heavy atom. The largest absolute Gasteiger partial charge is 0.480 e. The molecule has 3 saturated carbocycles. The van der Waals surface area contributed by atoms with Gasteiger partial charge in [-0.3, -0.25) is 4.98 Å². The Kier molecular flexibility index (Phi) is 6.53. The second-order valence-corrected chi connectivity index (χ2v) is 12.8. The molecule has 3 aromatic heterocycles. The SMILES string of the molecule is COc1c([C@@H](Nc2cc(Cl)c3ncc(C#N)c(NCC(C)(C)C)c3c2)c2ccc(F)nc2C)nnn1C12CC(C1)C2. The molecule has 3 aliphatic carbocycles. The number of nitrogens with one attached hydrogen (secondary N) is 2. The van der Waals surface area contributed by atoms with Crippen LogP contribution in [0.5, 0.6) is 5.88 Å². The summed E-state index contributed by atoms with van der Waals surface area (Å²) in [6.07, 6.45) is 4.75. The molecule has 2 bridgehead atoms. The third kappa shape index (κ3) is 4.72. The number of benzene rings is 1. The number of nitriles is 1. The number of rotatable bonds is 8. The summed E-state index contributed by atoms with van der Waals surface area (Å²) >= 11 is 6.77. The molecule has 0 unspecified atom stereocenters. The van der Waals surface area contributed by atoms with Gasteiger partial charge in [-0.1, -0.05) is 43.7 Å². The van der Waals surface area contributed by atoms with Gasteiger partial charge in [-0.15, -0.1) is 5.10 Å². The highest BCUT2D eigenvalue weighted by Crippen LogP contribution is 2.63. The van der Waals surface area contributed by atoms with Crippen LogP contribution in [0.3, 0.4) is 0 Å². The Labute approximate surface area is 243 Å². The van der Waals surface area contributed by atoms with E-state index >= 15 is 0 Å². The fraction of sp³-hybridized carbons (Fsp3) is 0.433. The first-order chi connectivity index (χ1) is 19.5. The number of aromatic nitrogens is 5. The maximum atomic E-state index is 14.1. The van der Waals surface area contributed by atoms with Crippen molar-refractivity contribution < 1.29 is 9.13 Å². The highest BCUT2D eigenvalue weighted by atomic mass is 35.5. The minimum absolute atomic E-state index is 0.0248. The summed E-state index contributed by atoms with van der Waals surface area (Å²) in [5.74, 6) is 0.752. The van der Waals surface area contributed by atoms with Crippen LogP contribution in [-0.4, -0.2) is 38.6 Å². The highest BCUT2D eigenvalue weighted by molar-refractivity contribution is 6.35. The van der Waals surface area contributed by atoms with Crippen LogP contribution in [0, 0.1) is 35.5 Å². The molecule has 0 spiro atoms. The van der Waals surface area contributed by atoms with Crippen molar-refractivity contribution in [2.24, 2.45) is 11.3 Å². The summed E-state index contributed by atoms with van der Waals surface area (Å²) in [4.78, 5) is 8.55. The van der Waals surface area contributed by atoms with Crippen LogP contribution in [0.25, 0.3) is 10.9 Å². The van der Waals surface area contributed by atoms with Crippen LogP contribution in [-0.2, 0) is 5.54 Å². The van der Waals surface area contributed by atoms with Gasteiger partial charge in [-0.25, -0.2) is 9.67 Å². The lowest BCUT2D eigenvalue weighted by Gasteiger charge is -2.61. The Morgan fingerprint density at radius 1 is 1.27 bits per heavy atom. The summed E-state index contributed by atoms with van der Waals surface area (Å²) in [7, 11) is 1.62. The van der Waals surface area contributed by atoms with E-state index in [1.54, 1.807) is 26.2 Å². The molecule has 3 fully saturated rings. The fourth-order valence-corrected chi connectivity index (χ4v) is 6.21. The topological polar surface area (TPSA) is 114 Å². The number of ether oxygens (including phenoxy) is 1. The Balaban J connectivity index is 1.47. The zero-order valence-corrected chi connectivity index (χ0v) is 24.5. The second kappa shape index (κ2) is 9.84. The fourth-order valence-electron chi connectivity index (χ4n) is 5.94. The summed E-state index contributed by atoms with van der Waals surface area (Å²) in [5, 5.41) is 27.1. The first kappa shape index (κ1) is 27.2. The lowest BCUT2D eigenvalue weighted by atomic mass is 9.50. The Bertz CT molecular complexity index is 1690. The van der Waals surface area contributed by atoms with Crippen LogP contribution < -0.4 is 15.4 Å². The molecule has 1 aromatic carbocycles. The molecule has 0 radical (unpaired) electrons. The molecule has 11 heteroatoms. The van der Waals surface area contributed by atoms with Crippen molar-refractivity contribution in [3.63, 3.8) is 0 Å². The zero-order chi connectivity index (χ0) is 29.1. The smallest absolute Gasteiger partial charge is 0.238 e. The van der Waals surface area contributed by atoms with Crippen molar-refractivity contribution in [3.05, 3.63) is 63.9 Å². The molecule has 0 saturated heterocycles. The number of pyridine rings is 2. The van der Waals surface area contributed by atoms with Crippen molar-refractivity contribution in [1.82, 2.24) is 25.0 Å². The lowest BCUT2D eigenvalue weighted by molar-refractivity contribution is -0.103. The third-order valence-corrected chi connectivity index (χ3v) is 8.42. The van der Waals surface area contributed by atoms with Gasteiger partial charge in [0, 0.05) is 35.1 Å². The predicted octanol–water partition coefficient (Wildman–Crippen LogP) is 6.37. The molecule has 212 valence electrons. The summed E-state index contributed by atoms with van der Waals surface area (Å²) < 4.78 is 21.9. The Hall–Kier alpha value is -3.97. The molecule has 7 rings (SSSR count). The van der Waals surface area contributed by atoms with E-state index in [2.05, 4.69) is 57.8 Å². The number of fused-ring (bicyclic) bond motifs is 1. The number of nitrogens with zero attached hydrogens (tertiary/aromatic N) is 6. The van der Waals surface area contributed by atoms with Crippen molar-refractivity contribution in [2.75, 3.05) is 24.3 Å². The van der Waals surface area contributed by atoms with Crippen molar-refractivity contribution in [3.8, 4) is 11.9 Å². The number of halogens is 2. The van der Waals surface area contributed by atoms with E-state index in [0.29, 0.717) is 56.7 Å². The molecule has 41 heavy (non-hydrogen) atoms. The highest BCUT2D eigenvalue weighted by Gasteiger charge is 2.60. The molecule has 3 aliphatic rings. The van der Waals surface area contributed by atoms with E-state index in [9.17, 15) is 9.65 Å². The molecule has 1 atom stereocenters. The van der Waals surface area contributed by atoms with E-state index < -0.39 is 12.0 Å². The second-order valence-electron chi connectivity index (χ2n) is 12.4. The van der Waals surface area contributed by atoms with Crippen LogP contribution >= 0.6 is 11.6 Å². The molecule has 2 N–H and O–H groups in total. The van der Waals surface area contributed by atoms with Gasteiger partial charge in [0.1, 0.15) is 12.1 Å². The molecular formula is C30H32ClFN8O. The first-order valence-electron chi connectivity index (χ1n) is 13.7. The normalized spacial score (nSPS) is 20.1. The van der Waals surface area contributed by atoms with Gasteiger partial charge in [0.2, 0.25) is 11.8 Å². The standard InChI is InChI=1S/C30H32ClFN8O/c1-16-20(6-7-23(32)36-16)26(27-28(41-5)40(39-38-27)30-10-17(11-30)12-30)37-19-8-21-24(35-15-29(2,3)4)18(13-33)14-34-25(21)22(31)9-19/h6-9,14,17,26,37H,10-12,15H2,1-5H3,(H,34,35)/t17?,26-,30?/m0/s1. The van der Waals surface area contributed by atoms with Crippen molar-refractivity contribution >= 4 is 33.9 Å². The number of methoxy groups -OCH3 is 1. The van der Waals surface area contributed by atoms with Gasteiger partial charge in [0.05, 0.1) is 34.4 Å². The minimum atomic E-state index is -0.578. The van der Waals surface area contributed by atoms with Gasteiger partial charge in [-0.05, 0) is 55.7 Å². The summed E-state index contributed by atoms with van der Waals surface area (Å²) in [6.45, 7) is 8.75. The first-order valence-corrected chi connectivity index (χ1v) is 14.1. The van der Waals surface area contributed by atoms with Gasteiger partial charge < -0.3 is 15.4 Å². The monoisotopic (exact) mass is 574 g/mol. The number of hydrogen-bond acceptors (Lipinski definition) is 8. The maximum absolute atomic E-state index is 14.1. The van der Waals surface area contributed by atoms with Gasteiger partial charge in [0.15, 0.2) is 5.69 Å². The van der Waals surface area contributed by atoms with Gasteiger partial charge >= 0.3 is 0 Å². The van der Waals surface area contributed by atoms with E-state index in [0.717, 1.165) is 30.7 Å². The van der Waals surface area contributed by atoms with E-state index in [1.165, 1.54) is 12.3 Å². The van der Waals surface area contributed by atoms with Gasteiger partial charge in [0.25, 0.3) is 0 Å². The zero-order valence-electron chi connectivity index (χ0n) is 23.7. The average Bonchev–Trinajstić information content (AvgIpc) is 3.27. The van der Waals surface area contributed by atoms with Crippen LogP contribution in [0.15, 0.2) is 30.5 Å². The van der Waals surface area contributed by atoms with Crippen molar-refractivity contribution in [1.29, 1.82) is 5.26 Å². The number of anilines is 2. The van der Waals surface area contributed by atoms with Crippen molar-refractivity contribution in [2.45, 2.75) is 58.5 Å². The Morgan fingerprint density at radius 3 is 2.63 bits per heavy atom. The van der Waals surface area contributed by atoms with E-state index in [4.69, 9.17) is 16.3 Å². The molecule has 0 aliphatic heterocycles. The molecule has 3 heterocycles. The van der Waals surface area contributed by atoms with Crippen LogP contribution in [0.2, 0.25) is 5.02 Å². The molecule has 9 nitrogen and oxygen atoms in total. The molecule has 0 amide bonds. The molecule has 4 aromatic rings. The number of aryl methyl sites for hydroxylation is 1. The summed E-state index contributed by atoms with van der Waals surface area (Å²) in [5.41, 5.74) is 4.07. The maximum Gasteiger partial charge on any atom is 0.238 e. The van der Waals surface area contributed by atoms with E-state index in [1.807, 2.05) is 10.7 Å². The van der Waals surface area contributed by atoms with Crippen LogP contribution in [0.4, 0.5) is 15.8 Å². The average molecular weight is 575 g/mol. The van der Waals surface area contributed by atoms with Crippen LogP contribution in [0.1, 0.15) is 68.6 Å². The minimum Gasteiger partial charge on any atom is -0.480 e. The molecular weight excluding hydrogens is 543 g/mol. The summed E-state index contributed by atoms with van der Waals surface area (Å²) in [6, 6.07) is 8.40. The quantitative estimate of drug-likeness (QED) is 0.233.